The second-order valence-electron chi connectivity index (χ2n) is 3.55. The van der Waals surface area contributed by atoms with Crippen LogP contribution in [0.3, 0.4) is 0 Å². The zero-order chi connectivity index (χ0) is 15.7. The summed E-state index contributed by atoms with van der Waals surface area (Å²) in [7, 11) is 0. The first kappa shape index (κ1) is 16.5. The van der Waals surface area contributed by atoms with Crippen molar-refractivity contribution in [1.82, 2.24) is 0 Å². The number of carboxylic acids is 1. The monoisotopic (exact) mass is 362 g/mol. The van der Waals surface area contributed by atoms with E-state index in [1.807, 2.05) is 0 Å². The summed E-state index contributed by atoms with van der Waals surface area (Å²) < 4.78 is 76.1. The van der Waals surface area contributed by atoms with E-state index >= 15 is 0 Å². The standard InChI is InChI=1S/C11H5BrF6O2/c12-7-3-2-6(10(13,14)15)9(11(16,17)18)5(7)1-4-8(19)20/h1-4H,(H,19,20)/b4-1+. The molecule has 0 aromatic heterocycles. The van der Waals surface area contributed by atoms with Crippen LogP contribution in [-0.4, -0.2) is 11.1 Å². The predicted molar refractivity (Wildman–Crippen MR) is 60.8 cm³/mol. The van der Waals surface area contributed by atoms with Crippen LogP contribution < -0.4 is 0 Å². The molecule has 110 valence electrons. The second-order valence-corrected chi connectivity index (χ2v) is 4.41. The fourth-order valence-corrected chi connectivity index (χ4v) is 1.92. The number of carbonyl (C=O) groups is 1. The lowest BCUT2D eigenvalue weighted by atomic mass is 9.99. The lowest BCUT2D eigenvalue weighted by Crippen LogP contribution is -2.18. The molecule has 0 aliphatic rings. The van der Waals surface area contributed by atoms with Crippen LogP contribution in [0.25, 0.3) is 6.08 Å². The van der Waals surface area contributed by atoms with Crippen LogP contribution in [0, 0.1) is 0 Å². The van der Waals surface area contributed by atoms with Gasteiger partial charge in [-0.15, -0.1) is 0 Å². The molecule has 0 aliphatic heterocycles. The van der Waals surface area contributed by atoms with Gasteiger partial charge in [0.15, 0.2) is 0 Å². The van der Waals surface area contributed by atoms with Crippen LogP contribution in [0.5, 0.6) is 0 Å². The molecule has 20 heavy (non-hydrogen) atoms. The smallest absolute Gasteiger partial charge is 0.417 e. The molecule has 1 rings (SSSR count). The Bertz CT molecular complexity index is 559. The van der Waals surface area contributed by atoms with Gasteiger partial charge in [-0.2, -0.15) is 26.3 Å². The summed E-state index contributed by atoms with van der Waals surface area (Å²) in [5, 5.41) is 8.38. The quantitative estimate of drug-likeness (QED) is 0.617. The van der Waals surface area contributed by atoms with Crippen molar-refractivity contribution < 1.29 is 36.2 Å². The Balaban J connectivity index is 3.68. The predicted octanol–water partition coefficient (Wildman–Crippen LogP) is 4.58. The summed E-state index contributed by atoms with van der Waals surface area (Å²) in [6, 6.07) is 1.06. The van der Waals surface area contributed by atoms with Gasteiger partial charge >= 0.3 is 18.3 Å². The van der Waals surface area contributed by atoms with Gasteiger partial charge in [-0.25, -0.2) is 4.79 Å². The number of halogens is 7. The third-order valence-corrected chi connectivity index (χ3v) is 2.87. The Morgan fingerprint density at radius 1 is 1.10 bits per heavy atom. The Morgan fingerprint density at radius 2 is 1.65 bits per heavy atom. The largest absolute Gasteiger partial charge is 0.478 e. The van der Waals surface area contributed by atoms with Gasteiger partial charge in [0.1, 0.15) is 0 Å². The lowest BCUT2D eigenvalue weighted by molar-refractivity contribution is -0.162. The van der Waals surface area contributed by atoms with E-state index in [0.717, 1.165) is 6.07 Å². The van der Waals surface area contributed by atoms with E-state index in [2.05, 4.69) is 15.9 Å². The lowest BCUT2D eigenvalue weighted by Gasteiger charge is -2.18. The number of benzene rings is 1. The summed E-state index contributed by atoms with van der Waals surface area (Å²) in [5.74, 6) is -1.58. The summed E-state index contributed by atoms with van der Waals surface area (Å²) in [5.41, 5.74) is -4.70. The maximum atomic E-state index is 12.8. The van der Waals surface area contributed by atoms with Gasteiger partial charge in [-0.1, -0.05) is 15.9 Å². The highest BCUT2D eigenvalue weighted by Gasteiger charge is 2.44. The Kier molecular flexibility index (Phi) is 4.52. The Labute approximate surface area is 116 Å². The SMILES string of the molecule is O=C(O)/C=C/c1c(Br)ccc(C(F)(F)F)c1C(F)(F)F. The fourth-order valence-electron chi connectivity index (χ4n) is 1.45. The van der Waals surface area contributed by atoms with Gasteiger partial charge in [-0.3, -0.25) is 0 Å². The van der Waals surface area contributed by atoms with Crippen molar-refractivity contribution in [1.29, 1.82) is 0 Å². The number of hydrogen-bond donors (Lipinski definition) is 1. The minimum Gasteiger partial charge on any atom is -0.478 e. The highest BCUT2D eigenvalue weighted by atomic mass is 79.9. The maximum absolute atomic E-state index is 12.8. The van der Waals surface area contributed by atoms with Crippen molar-refractivity contribution >= 4 is 28.0 Å². The second kappa shape index (κ2) is 5.47. The van der Waals surface area contributed by atoms with E-state index in [4.69, 9.17) is 5.11 Å². The maximum Gasteiger partial charge on any atom is 0.417 e. The van der Waals surface area contributed by atoms with Crippen LogP contribution >= 0.6 is 15.9 Å². The molecule has 0 radical (unpaired) electrons. The van der Waals surface area contributed by atoms with E-state index < -0.39 is 35.0 Å². The number of alkyl halides is 6. The molecule has 0 aliphatic carbocycles. The first-order valence-electron chi connectivity index (χ1n) is 4.82. The first-order chi connectivity index (χ1) is 8.94. The van der Waals surface area contributed by atoms with E-state index in [1.54, 1.807) is 0 Å². The van der Waals surface area contributed by atoms with Gasteiger partial charge in [-0.05, 0) is 18.2 Å². The van der Waals surface area contributed by atoms with Crippen molar-refractivity contribution in [2.24, 2.45) is 0 Å². The molecule has 0 saturated carbocycles. The Morgan fingerprint density at radius 3 is 2.05 bits per heavy atom. The molecule has 0 atom stereocenters. The van der Waals surface area contributed by atoms with Crippen molar-refractivity contribution in [2.75, 3.05) is 0 Å². The minimum absolute atomic E-state index is 0.283. The molecule has 0 bridgehead atoms. The Hall–Kier alpha value is -1.51. The van der Waals surface area contributed by atoms with Crippen molar-refractivity contribution in [2.45, 2.75) is 12.4 Å². The number of carboxylic acid groups (broad SMARTS) is 1. The highest BCUT2D eigenvalue weighted by molar-refractivity contribution is 9.10. The molecule has 9 heteroatoms. The van der Waals surface area contributed by atoms with Crippen LogP contribution in [0.1, 0.15) is 16.7 Å². The summed E-state index contributed by atoms with van der Waals surface area (Å²) in [6.45, 7) is 0. The van der Waals surface area contributed by atoms with Gasteiger partial charge in [0, 0.05) is 16.1 Å². The topological polar surface area (TPSA) is 37.3 Å². The van der Waals surface area contributed by atoms with Crippen LogP contribution in [-0.2, 0) is 17.1 Å². The molecule has 0 unspecified atom stereocenters. The molecule has 0 heterocycles. The van der Waals surface area contributed by atoms with Crippen molar-refractivity contribution in [3.05, 3.63) is 39.4 Å². The molecular weight excluding hydrogens is 358 g/mol. The molecule has 1 aromatic carbocycles. The summed E-state index contributed by atoms with van der Waals surface area (Å²) in [4.78, 5) is 10.3. The van der Waals surface area contributed by atoms with Gasteiger partial charge < -0.3 is 5.11 Å². The highest BCUT2D eigenvalue weighted by Crippen LogP contribution is 2.44. The van der Waals surface area contributed by atoms with E-state index in [9.17, 15) is 31.1 Å². The zero-order valence-electron chi connectivity index (χ0n) is 9.31. The molecule has 1 N–H and O–H groups in total. The average molecular weight is 363 g/mol. The zero-order valence-corrected chi connectivity index (χ0v) is 10.9. The summed E-state index contributed by atoms with van der Waals surface area (Å²) in [6.07, 6.45) is -9.70. The van der Waals surface area contributed by atoms with Gasteiger partial charge in [0.2, 0.25) is 0 Å². The van der Waals surface area contributed by atoms with Gasteiger partial charge in [0.05, 0.1) is 11.1 Å². The number of aliphatic carboxylic acids is 1. The van der Waals surface area contributed by atoms with Crippen LogP contribution in [0.2, 0.25) is 0 Å². The molecule has 0 saturated heterocycles. The van der Waals surface area contributed by atoms with Crippen molar-refractivity contribution in [3.63, 3.8) is 0 Å². The molecular formula is C11H5BrF6O2. The third kappa shape index (κ3) is 3.75. The van der Waals surface area contributed by atoms with E-state index in [0.29, 0.717) is 12.2 Å². The van der Waals surface area contributed by atoms with Crippen molar-refractivity contribution in [3.8, 4) is 0 Å². The van der Waals surface area contributed by atoms with E-state index in [1.165, 1.54) is 0 Å². The third-order valence-electron chi connectivity index (χ3n) is 2.17. The average Bonchev–Trinajstić information content (AvgIpc) is 2.23. The number of hydrogen-bond acceptors (Lipinski definition) is 1. The molecule has 0 amide bonds. The molecule has 0 spiro atoms. The molecule has 0 fully saturated rings. The molecule has 1 aromatic rings. The fraction of sp³-hybridized carbons (Fsp3) is 0.182. The minimum atomic E-state index is -5.28. The number of rotatable bonds is 2. The van der Waals surface area contributed by atoms with Gasteiger partial charge in [0.25, 0.3) is 0 Å². The summed E-state index contributed by atoms with van der Waals surface area (Å²) >= 11 is 2.68. The normalized spacial score (nSPS) is 12.9. The van der Waals surface area contributed by atoms with E-state index in [-0.39, 0.29) is 10.5 Å². The van der Waals surface area contributed by atoms with Crippen LogP contribution in [0.15, 0.2) is 22.7 Å². The first-order valence-corrected chi connectivity index (χ1v) is 5.61. The molecule has 2 nitrogen and oxygen atoms in total. The van der Waals surface area contributed by atoms with Crippen LogP contribution in [0.4, 0.5) is 26.3 Å².